The van der Waals surface area contributed by atoms with Gasteiger partial charge in [0.25, 0.3) is 0 Å². The van der Waals surface area contributed by atoms with E-state index in [1.807, 2.05) is 6.92 Å². The largest absolute Gasteiger partial charge is 0.355 e. The highest BCUT2D eigenvalue weighted by Gasteiger charge is 2.19. The molecule has 1 aliphatic heterocycles. The van der Waals surface area contributed by atoms with E-state index in [0.717, 1.165) is 38.4 Å². The van der Waals surface area contributed by atoms with Crippen molar-refractivity contribution in [2.45, 2.75) is 13.3 Å². The van der Waals surface area contributed by atoms with Crippen molar-refractivity contribution < 1.29 is 4.79 Å². The van der Waals surface area contributed by atoms with E-state index in [-0.39, 0.29) is 5.91 Å². The number of nitrogens with one attached hydrogen (secondary N) is 1. The summed E-state index contributed by atoms with van der Waals surface area (Å²) < 4.78 is 0. The third-order valence-electron chi connectivity index (χ3n) is 3.54. The Balaban J connectivity index is 1.98. The summed E-state index contributed by atoms with van der Waals surface area (Å²) in [6.07, 6.45) is 2.67. The van der Waals surface area contributed by atoms with Gasteiger partial charge in [0.1, 0.15) is 11.9 Å². The van der Waals surface area contributed by atoms with Gasteiger partial charge in [0.15, 0.2) is 0 Å². The normalized spacial score (nSPS) is 16.1. The Morgan fingerprint density at radius 2 is 2.29 bits per heavy atom. The fraction of sp³-hybridized carbons (Fsp3) is 0.533. The molecule has 0 atom stereocenters. The second kappa shape index (κ2) is 7.60. The van der Waals surface area contributed by atoms with E-state index < -0.39 is 0 Å². The summed E-state index contributed by atoms with van der Waals surface area (Å²) in [6, 6.07) is 5.76. The van der Waals surface area contributed by atoms with Crippen LogP contribution in [0.15, 0.2) is 18.3 Å². The second-order valence-corrected chi connectivity index (χ2v) is 5.06. The molecule has 21 heavy (non-hydrogen) atoms. The second-order valence-electron chi connectivity index (χ2n) is 5.06. The number of carbonyl (C=O) groups is 1. The number of aromatic nitrogens is 1. The van der Waals surface area contributed by atoms with Crippen LogP contribution in [0, 0.1) is 11.3 Å². The number of carbonyl (C=O) groups excluding carboxylic acids is 1. The van der Waals surface area contributed by atoms with Crippen molar-refractivity contribution in [3.8, 4) is 6.07 Å². The molecule has 0 aliphatic carbocycles. The Labute approximate surface area is 125 Å². The van der Waals surface area contributed by atoms with Crippen LogP contribution in [0.1, 0.15) is 18.9 Å². The van der Waals surface area contributed by atoms with E-state index in [9.17, 15) is 4.79 Å². The Kier molecular flexibility index (Phi) is 5.52. The summed E-state index contributed by atoms with van der Waals surface area (Å²) in [5, 5.41) is 12.0. The molecule has 1 aromatic rings. The van der Waals surface area contributed by atoms with Crippen LogP contribution in [0.2, 0.25) is 0 Å². The van der Waals surface area contributed by atoms with Gasteiger partial charge in [-0.15, -0.1) is 0 Å². The Morgan fingerprint density at radius 1 is 1.43 bits per heavy atom. The predicted molar refractivity (Wildman–Crippen MR) is 80.9 cm³/mol. The molecule has 6 nitrogen and oxygen atoms in total. The zero-order valence-electron chi connectivity index (χ0n) is 12.4. The van der Waals surface area contributed by atoms with E-state index >= 15 is 0 Å². The van der Waals surface area contributed by atoms with E-state index in [0.29, 0.717) is 18.7 Å². The lowest BCUT2D eigenvalue weighted by Gasteiger charge is -2.23. The molecule has 2 rings (SSSR count). The SMILES string of the molecule is CCNC(=O)CN1CCCN(c2ncccc2C#N)CC1. The van der Waals surface area contributed by atoms with E-state index in [2.05, 4.69) is 26.2 Å². The van der Waals surface area contributed by atoms with Gasteiger partial charge in [-0.05, 0) is 25.5 Å². The number of hydrogen-bond donors (Lipinski definition) is 1. The minimum absolute atomic E-state index is 0.0708. The minimum atomic E-state index is 0.0708. The van der Waals surface area contributed by atoms with Crippen LogP contribution in [0.25, 0.3) is 0 Å². The molecule has 1 amide bonds. The maximum atomic E-state index is 11.7. The van der Waals surface area contributed by atoms with Crippen LogP contribution in [-0.2, 0) is 4.79 Å². The smallest absolute Gasteiger partial charge is 0.234 e. The molecule has 6 heteroatoms. The van der Waals surface area contributed by atoms with Crippen molar-refractivity contribution in [3.05, 3.63) is 23.9 Å². The van der Waals surface area contributed by atoms with Crippen LogP contribution < -0.4 is 10.2 Å². The number of nitrogens with zero attached hydrogens (tertiary/aromatic N) is 4. The molecule has 1 aromatic heterocycles. The zero-order valence-corrected chi connectivity index (χ0v) is 12.4. The molecule has 0 saturated carbocycles. The van der Waals surface area contributed by atoms with Gasteiger partial charge in [0.2, 0.25) is 5.91 Å². The predicted octanol–water partition coefficient (Wildman–Crippen LogP) is 0.601. The molecule has 0 radical (unpaired) electrons. The third kappa shape index (κ3) is 4.17. The standard InChI is InChI=1S/C15H21N5O/c1-2-17-14(21)12-19-7-4-8-20(10-9-19)15-13(11-16)5-3-6-18-15/h3,5-6H,2,4,7-10,12H2,1H3,(H,17,21). The molecule has 0 bridgehead atoms. The average molecular weight is 287 g/mol. The van der Waals surface area contributed by atoms with Gasteiger partial charge in [-0.3, -0.25) is 9.69 Å². The quantitative estimate of drug-likeness (QED) is 0.878. The van der Waals surface area contributed by atoms with Crippen molar-refractivity contribution >= 4 is 11.7 Å². The van der Waals surface area contributed by atoms with Crippen molar-refractivity contribution in [1.29, 1.82) is 5.26 Å². The minimum Gasteiger partial charge on any atom is -0.355 e. The van der Waals surface area contributed by atoms with Crippen molar-refractivity contribution in [1.82, 2.24) is 15.2 Å². The molecule has 0 spiro atoms. The summed E-state index contributed by atoms with van der Waals surface area (Å²) in [5.74, 6) is 0.821. The maximum absolute atomic E-state index is 11.7. The molecule has 0 aromatic carbocycles. The van der Waals surface area contributed by atoms with Gasteiger partial charge in [-0.2, -0.15) is 5.26 Å². The molecule has 1 fully saturated rings. The van der Waals surface area contributed by atoms with E-state index in [1.54, 1.807) is 18.3 Å². The number of nitriles is 1. The lowest BCUT2D eigenvalue weighted by atomic mass is 10.2. The van der Waals surface area contributed by atoms with Gasteiger partial charge in [-0.25, -0.2) is 4.98 Å². The number of hydrogen-bond acceptors (Lipinski definition) is 5. The first-order valence-corrected chi connectivity index (χ1v) is 7.33. The van der Waals surface area contributed by atoms with E-state index in [1.165, 1.54) is 0 Å². The average Bonchev–Trinajstić information content (AvgIpc) is 2.73. The summed E-state index contributed by atoms with van der Waals surface area (Å²) in [4.78, 5) is 20.3. The number of likely N-dealkylation sites (N-methyl/N-ethyl adjacent to an activating group) is 1. The monoisotopic (exact) mass is 287 g/mol. The first kappa shape index (κ1) is 15.3. The molecular weight excluding hydrogens is 266 g/mol. The van der Waals surface area contributed by atoms with Gasteiger partial charge >= 0.3 is 0 Å². The summed E-state index contributed by atoms with van der Waals surface area (Å²) in [7, 11) is 0. The summed E-state index contributed by atoms with van der Waals surface area (Å²) in [5.41, 5.74) is 0.606. The molecular formula is C15H21N5O. The first-order chi connectivity index (χ1) is 10.2. The lowest BCUT2D eigenvalue weighted by molar-refractivity contribution is -0.122. The summed E-state index contributed by atoms with van der Waals surface area (Å²) >= 11 is 0. The first-order valence-electron chi connectivity index (χ1n) is 7.33. The molecule has 2 heterocycles. The van der Waals surface area contributed by atoms with Crippen molar-refractivity contribution in [2.75, 3.05) is 44.2 Å². The van der Waals surface area contributed by atoms with Gasteiger partial charge in [0, 0.05) is 38.9 Å². The van der Waals surface area contributed by atoms with Crippen LogP contribution in [-0.4, -0.2) is 55.1 Å². The number of anilines is 1. The zero-order chi connectivity index (χ0) is 15.1. The molecule has 1 aliphatic rings. The van der Waals surface area contributed by atoms with Gasteiger partial charge < -0.3 is 10.2 Å². The van der Waals surface area contributed by atoms with E-state index in [4.69, 9.17) is 5.26 Å². The van der Waals surface area contributed by atoms with Crippen molar-refractivity contribution in [2.24, 2.45) is 0 Å². The highest BCUT2D eigenvalue weighted by molar-refractivity contribution is 5.77. The fourth-order valence-electron chi connectivity index (χ4n) is 2.53. The highest BCUT2D eigenvalue weighted by atomic mass is 16.2. The topological polar surface area (TPSA) is 72.3 Å². The lowest BCUT2D eigenvalue weighted by Crippen LogP contribution is -2.39. The molecule has 0 unspecified atom stereocenters. The number of rotatable bonds is 4. The van der Waals surface area contributed by atoms with Gasteiger partial charge in [-0.1, -0.05) is 0 Å². The Hall–Kier alpha value is -2.13. The molecule has 1 saturated heterocycles. The van der Waals surface area contributed by atoms with Crippen LogP contribution in [0.3, 0.4) is 0 Å². The Bertz CT molecular complexity index is 525. The number of pyridine rings is 1. The third-order valence-corrected chi connectivity index (χ3v) is 3.54. The van der Waals surface area contributed by atoms with Crippen LogP contribution in [0.5, 0.6) is 0 Å². The van der Waals surface area contributed by atoms with Crippen LogP contribution in [0.4, 0.5) is 5.82 Å². The maximum Gasteiger partial charge on any atom is 0.234 e. The van der Waals surface area contributed by atoms with Crippen molar-refractivity contribution in [3.63, 3.8) is 0 Å². The Morgan fingerprint density at radius 3 is 3.05 bits per heavy atom. The van der Waals surface area contributed by atoms with Gasteiger partial charge in [0.05, 0.1) is 12.1 Å². The van der Waals surface area contributed by atoms with Crippen LogP contribution >= 0.6 is 0 Å². The molecule has 1 N–H and O–H groups in total. The highest BCUT2D eigenvalue weighted by Crippen LogP contribution is 2.17. The summed E-state index contributed by atoms with van der Waals surface area (Å²) in [6.45, 7) is 6.36. The fourth-order valence-corrected chi connectivity index (χ4v) is 2.53. The molecule has 112 valence electrons. The number of amides is 1.